The van der Waals surface area contributed by atoms with Crippen molar-refractivity contribution in [2.75, 3.05) is 30.8 Å². The maximum atomic E-state index is 13.0. The van der Waals surface area contributed by atoms with Gasteiger partial charge in [-0.25, -0.2) is 8.42 Å². The molecule has 192 valence electrons. The normalized spacial score (nSPS) is 13.5. The van der Waals surface area contributed by atoms with E-state index in [-0.39, 0.29) is 25.0 Å². The van der Waals surface area contributed by atoms with Crippen LogP contribution in [0.2, 0.25) is 0 Å². The van der Waals surface area contributed by atoms with Crippen molar-refractivity contribution >= 4 is 32.6 Å². The van der Waals surface area contributed by atoms with Crippen molar-refractivity contribution in [3.05, 3.63) is 77.9 Å². The second kappa shape index (κ2) is 9.91. The Morgan fingerprint density at radius 1 is 1.08 bits per heavy atom. The fourth-order valence-electron chi connectivity index (χ4n) is 4.49. The van der Waals surface area contributed by atoms with Gasteiger partial charge in [0.15, 0.2) is 0 Å². The average molecular weight is 521 g/mol. The molecule has 0 spiro atoms. The molecule has 37 heavy (non-hydrogen) atoms. The summed E-state index contributed by atoms with van der Waals surface area (Å²) in [6.07, 6.45) is 2.97. The van der Waals surface area contributed by atoms with Crippen molar-refractivity contribution in [3.63, 3.8) is 0 Å². The minimum absolute atomic E-state index is 0.0667. The highest BCUT2D eigenvalue weighted by atomic mass is 32.2. The van der Waals surface area contributed by atoms with E-state index in [1.54, 1.807) is 25.2 Å². The Balaban J connectivity index is 1.63. The Labute approximate surface area is 215 Å². The van der Waals surface area contributed by atoms with Crippen molar-refractivity contribution in [1.82, 2.24) is 5.32 Å². The lowest BCUT2D eigenvalue weighted by Gasteiger charge is -2.24. The van der Waals surface area contributed by atoms with Gasteiger partial charge in [-0.05, 0) is 66.8 Å². The summed E-state index contributed by atoms with van der Waals surface area (Å²) in [6.45, 7) is -0.387. The first kappa shape index (κ1) is 24.9. The molecular weight excluding hydrogens is 492 g/mol. The number of anilines is 1. The summed E-state index contributed by atoms with van der Waals surface area (Å²) in [7, 11) is -2.09. The summed E-state index contributed by atoms with van der Waals surface area (Å²) in [4.78, 5) is 13.0. The third-order valence-corrected chi connectivity index (χ3v) is 7.56. The lowest BCUT2D eigenvalue weighted by molar-refractivity contribution is 0.0964. The SMILES string of the molecule is CNC(=O)c1c(-c2ccc(Oc3ccccc3)cc2)oc2cc(N(CCO)S(C)(=O)=O)c(C3CC3)cc12. The number of rotatable bonds is 9. The summed E-state index contributed by atoms with van der Waals surface area (Å²) in [5.41, 5.74) is 2.76. The molecular formula is C28H28N2O6S. The predicted octanol–water partition coefficient (Wildman–Crippen LogP) is 4.89. The average Bonchev–Trinajstić information content (AvgIpc) is 3.67. The monoisotopic (exact) mass is 520 g/mol. The van der Waals surface area contributed by atoms with Crippen molar-refractivity contribution in [1.29, 1.82) is 0 Å². The van der Waals surface area contributed by atoms with Crippen LogP contribution in [-0.4, -0.2) is 45.9 Å². The number of benzene rings is 3. The Morgan fingerprint density at radius 3 is 2.35 bits per heavy atom. The molecule has 1 saturated carbocycles. The van der Waals surface area contributed by atoms with E-state index in [1.165, 1.54) is 4.31 Å². The van der Waals surface area contributed by atoms with Gasteiger partial charge in [-0.15, -0.1) is 0 Å². The zero-order valence-corrected chi connectivity index (χ0v) is 21.4. The zero-order chi connectivity index (χ0) is 26.2. The van der Waals surface area contributed by atoms with Gasteiger partial charge in [0.05, 0.1) is 30.7 Å². The van der Waals surface area contributed by atoms with E-state index >= 15 is 0 Å². The summed E-state index contributed by atoms with van der Waals surface area (Å²) in [5, 5.41) is 12.9. The summed E-state index contributed by atoms with van der Waals surface area (Å²) >= 11 is 0. The van der Waals surface area contributed by atoms with Gasteiger partial charge in [0, 0.05) is 24.1 Å². The molecule has 5 rings (SSSR count). The highest BCUT2D eigenvalue weighted by Gasteiger charge is 2.33. The van der Waals surface area contributed by atoms with E-state index in [9.17, 15) is 18.3 Å². The van der Waals surface area contributed by atoms with Gasteiger partial charge >= 0.3 is 0 Å². The third-order valence-electron chi connectivity index (χ3n) is 6.38. The third kappa shape index (κ3) is 5.05. The number of carbonyl (C=O) groups excluding carboxylic acids is 1. The standard InChI is InChI=1S/C28H28N2O6S/c1-29-28(32)26-23-16-22(18-8-9-18)24(30(14-15-31)37(2,33)34)17-25(23)36-27(26)19-10-12-21(13-11-19)35-20-6-4-3-5-7-20/h3-7,10-13,16-18,31H,8-9,14-15H2,1-2H3,(H,29,32). The molecule has 1 amide bonds. The summed E-state index contributed by atoms with van der Waals surface area (Å²) in [6, 6.07) is 20.2. The number of carbonyl (C=O) groups is 1. The smallest absolute Gasteiger partial charge is 0.255 e. The number of nitrogens with one attached hydrogen (secondary N) is 1. The quantitative estimate of drug-likeness (QED) is 0.325. The number of hydrogen-bond acceptors (Lipinski definition) is 6. The largest absolute Gasteiger partial charge is 0.457 e. The van der Waals surface area contributed by atoms with E-state index in [4.69, 9.17) is 9.15 Å². The fraction of sp³-hybridized carbons (Fsp3) is 0.250. The Hall–Kier alpha value is -3.82. The molecule has 3 aromatic carbocycles. The topological polar surface area (TPSA) is 109 Å². The molecule has 0 unspecified atom stereocenters. The van der Waals surface area contributed by atoms with Crippen LogP contribution in [-0.2, 0) is 10.0 Å². The minimum Gasteiger partial charge on any atom is -0.457 e. The van der Waals surface area contributed by atoms with Gasteiger partial charge in [0.1, 0.15) is 22.8 Å². The number of aliphatic hydroxyl groups is 1. The molecule has 8 nitrogen and oxygen atoms in total. The van der Waals surface area contributed by atoms with Gasteiger partial charge in [-0.1, -0.05) is 18.2 Å². The lowest BCUT2D eigenvalue weighted by atomic mass is 10.0. The zero-order valence-electron chi connectivity index (χ0n) is 20.6. The Bertz CT molecular complexity index is 1540. The van der Waals surface area contributed by atoms with Crippen LogP contribution in [0.5, 0.6) is 11.5 Å². The van der Waals surface area contributed by atoms with Gasteiger partial charge in [-0.3, -0.25) is 9.10 Å². The molecule has 9 heteroatoms. The van der Waals surface area contributed by atoms with E-state index in [2.05, 4.69) is 5.32 Å². The fourth-order valence-corrected chi connectivity index (χ4v) is 5.42. The first-order valence-electron chi connectivity index (χ1n) is 12.0. The second-order valence-electron chi connectivity index (χ2n) is 9.06. The number of sulfonamides is 1. The molecule has 1 aliphatic carbocycles. The molecule has 0 radical (unpaired) electrons. The number of fused-ring (bicyclic) bond motifs is 1. The highest BCUT2D eigenvalue weighted by molar-refractivity contribution is 7.92. The molecule has 2 N–H and O–H groups in total. The molecule has 0 saturated heterocycles. The van der Waals surface area contributed by atoms with Gasteiger partial charge in [-0.2, -0.15) is 0 Å². The molecule has 1 heterocycles. The number of ether oxygens (including phenoxy) is 1. The number of nitrogens with zero attached hydrogens (tertiary/aromatic N) is 1. The van der Waals surface area contributed by atoms with E-state index in [0.717, 1.165) is 24.7 Å². The summed E-state index contributed by atoms with van der Waals surface area (Å²) < 4.78 is 38.4. The lowest BCUT2D eigenvalue weighted by Crippen LogP contribution is -2.33. The van der Waals surface area contributed by atoms with Crippen LogP contribution in [0.15, 0.2) is 71.1 Å². The van der Waals surface area contributed by atoms with Crippen LogP contribution >= 0.6 is 0 Å². The molecule has 1 aromatic heterocycles. The van der Waals surface area contributed by atoms with E-state index in [0.29, 0.717) is 45.0 Å². The van der Waals surface area contributed by atoms with Crippen molar-refractivity contribution in [2.45, 2.75) is 18.8 Å². The van der Waals surface area contributed by atoms with Crippen LogP contribution in [0.3, 0.4) is 0 Å². The van der Waals surface area contributed by atoms with Crippen LogP contribution in [0.25, 0.3) is 22.3 Å². The van der Waals surface area contributed by atoms with Crippen molar-refractivity contribution in [3.8, 4) is 22.8 Å². The van der Waals surface area contributed by atoms with Crippen LogP contribution in [0, 0.1) is 0 Å². The maximum absolute atomic E-state index is 13.0. The van der Waals surface area contributed by atoms with Crippen molar-refractivity contribution < 1.29 is 27.5 Å². The summed E-state index contributed by atoms with van der Waals surface area (Å²) in [5.74, 6) is 1.62. The van der Waals surface area contributed by atoms with Crippen molar-refractivity contribution in [2.24, 2.45) is 0 Å². The molecule has 0 aliphatic heterocycles. The number of aliphatic hydroxyl groups excluding tert-OH is 1. The second-order valence-corrected chi connectivity index (χ2v) is 11.0. The van der Waals surface area contributed by atoms with Crippen LogP contribution in [0.1, 0.15) is 34.7 Å². The van der Waals surface area contributed by atoms with Crippen LogP contribution < -0.4 is 14.4 Å². The highest BCUT2D eigenvalue weighted by Crippen LogP contribution is 2.48. The first-order chi connectivity index (χ1) is 17.8. The van der Waals surface area contributed by atoms with Gasteiger partial charge in [0.2, 0.25) is 10.0 Å². The molecule has 4 aromatic rings. The minimum atomic E-state index is -3.65. The Morgan fingerprint density at radius 2 is 1.76 bits per heavy atom. The Kier molecular flexibility index (Phi) is 6.66. The molecule has 1 aliphatic rings. The molecule has 1 fully saturated rings. The van der Waals surface area contributed by atoms with Gasteiger partial charge in [0.25, 0.3) is 5.91 Å². The molecule has 0 bridgehead atoms. The van der Waals surface area contributed by atoms with Gasteiger partial charge < -0.3 is 19.6 Å². The number of furan rings is 1. The first-order valence-corrected chi connectivity index (χ1v) is 13.9. The maximum Gasteiger partial charge on any atom is 0.255 e. The number of para-hydroxylation sites is 1. The van der Waals surface area contributed by atoms with Crippen LogP contribution in [0.4, 0.5) is 5.69 Å². The number of hydrogen-bond donors (Lipinski definition) is 2. The molecule has 0 atom stereocenters. The predicted molar refractivity (Wildman–Crippen MR) is 143 cm³/mol. The van der Waals surface area contributed by atoms with E-state index in [1.807, 2.05) is 48.5 Å². The number of amides is 1. The van der Waals surface area contributed by atoms with E-state index < -0.39 is 10.0 Å².